The highest BCUT2D eigenvalue weighted by Crippen LogP contribution is 2.31. The molecule has 0 aliphatic rings. The van der Waals surface area contributed by atoms with Crippen LogP contribution in [0.3, 0.4) is 0 Å². The van der Waals surface area contributed by atoms with Crippen LogP contribution in [0.2, 0.25) is 0 Å². The molecule has 0 fully saturated rings. The van der Waals surface area contributed by atoms with Crippen LogP contribution in [0.1, 0.15) is 16.7 Å². The minimum Gasteiger partial charge on any atom is -0.272 e. The Kier molecular flexibility index (Phi) is 6.94. The predicted octanol–water partition coefficient (Wildman–Crippen LogP) is 4.00. The van der Waals surface area contributed by atoms with Crippen molar-refractivity contribution < 1.29 is 22.9 Å². The highest BCUT2D eigenvalue weighted by Gasteiger charge is 2.32. The fourth-order valence-corrected chi connectivity index (χ4v) is 2.83. The molecule has 0 aromatic heterocycles. The van der Waals surface area contributed by atoms with Gasteiger partial charge in [0.1, 0.15) is 0 Å². The van der Waals surface area contributed by atoms with Gasteiger partial charge in [0.25, 0.3) is 5.69 Å². The first-order valence-electron chi connectivity index (χ1n) is 7.56. The number of nitrogens with zero attached hydrogens (tertiary/aromatic N) is 2. The molecular weight excluding hydrogens is 383 g/mol. The second-order valence-electron chi connectivity index (χ2n) is 5.29. The summed E-state index contributed by atoms with van der Waals surface area (Å²) in [5.74, 6) is 0.0176. The molecule has 142 valence electrons. The van der Waals surface area contributed by atoms with E-state index >= 15 is 0 Å². The zero-order chi connectivity index (χ0) is 19.9. The van der Waals surface area contributed by atoms with E-state index in [0.29, 0.717) is 5.75 Å². The lowest BCUT2D eigenvalue weighted by molar-refractivity contribution is -0.384. The molecule has 6 nitrogen and oxygen atoms in total. The first kappa shape index (κ1) is 20.4. The van der Waals surface area contributed by atoms with Gasteiger partial charge in [-0.2, -0.15) is 18.3 Å². The summed E-state index contributed by atoms with van der Waals surface area (Å²) in [4.78, 5) is 21.8. The molecule has 0 atom stereocenters. The summed E-state index contributed by atoms with van der Waals surface area (Å²) in [6.07, 6.45) is -3.56. The van der Waals surface area contributed by atoms with E-state index in [1.165, 1.54) is 42.1 Å². The van der Waals surface area contributed by atoms with Gasteiger partial charge < -0.3 is 0 Å². The van der Waals surface area contributed by atoms with Gasteiger partial charge in [0.05, 0.1) is 22.5 Å². The Morgan fingerprint density at radius 1 is 1.19 bits per heavy atom. The summed E-state index contributed by atoms with van der Waals surface area (Å²) in [7, 11) is 0. The Morgan fingerprint density at radius 3 is 2.48 bits per heavy atom. The monoisotopic (exact) mass is 397 g/mol. The number of nitrogens with one attached hydrogen (secondary N) is 1. The van der Waals surface area contributed by atoms with Crippen LogP contribution in [0.4, 0.5) is 18.9 Å². The van der Waals surface area contributed by atoms with Crippen molar-refractivity contribution in [3.8, 4) is 0 Å². The molecule has 0 radical (unpaired) electrons. The molecule has 2 rings (SSSR count). The number of benzene rings is 2. The van der Waals surface area contributed by atoms with Crippen molar-refractivity contribution in [2.24, 2.45) is 5.10 Å². The summed E-state index contributed by atoms with van der Waals surface area (Å²) in [6, 6.07) is 10.8. The van der Waals surface area contributed by atoms with E-state index in [1.54, 1.807) is 12.1 Å². The molecule has 2 aromatic rings. The summed E-state index contributed by atoms with van der Waals surface area (Å²) >= 11 is 1.25. The quantitative estimate of drug-likeness (QED) is 0.435. The van der Waals surface area contributed by atoms with E-state index in [4.69, 9.17) is 0 Å². The first-order chi connectivity index (χ1) is 12.8. The van der Waals surface area contributed by atoms with Gasteiger partial charge in [-0.15, -0.1) is 11.8 Å². The van der Waals surface area contributed by atoms with Crippen LogP contribution in [-0.2, 0) is 16.7 Å². The second-order valence-corrected chi connectivity index (χ2v) is 6.28. The van der Waals surface area contributed by atoms with Crippen LogP contribution >= 0.6 is 11.8 Å². The summed E-state index contributed by atoms with van der Waals surface area (Å²) < 4.78 is 38.5. The molecule has 1 amide bonds. The lowest BCUT2D eigenvalue weighted by Gasteiger charge is -2.09. The van der Waals surface area contributed by atoms with Gasteiger partial charge in [0.15, 0.2) is 0 Å². The molecule has 27 heavy (non-hydrogen) atoms. The molecule has 0 saturated heterocycles. The molecule has 0 unspecified atom stereocenters. The van der Waals surface area contributed by atoms with Gasteiger partial charge >= 0.3 is 6.18 Å². The van der Waals surface area contributed by atoms with Crippen molar-refractivity contribution in [3.63, 3.8) is 0 Å². The predicted molar refractivity (Wildman–Crippen MR) is 96.4 cm³/mol. The highest BCUT2D eigenvalue weighted by molar-refractivity contribution is 7.99. The van der Waals surface area contributed by atoms with E-state index in [1.807, 2.05) is 0 Å². The van der Waals surface area contributed by atoms with Crippen LogP contribution in [0, 0.1) is 10.1 Å². The third-order valence-electron chi connectivity index (χ3n) is 3.31. The molecule has 0 aliphatic carbocycles. The smallest absolute Gasteiger partial charge is 0.272 e. The number of hydrogen-bond acceptors (Lipinski definition) is 5. The molecule has 0 bridgehead atoms. The minimum atomic E-state index is -4.51. The van der Waals surface area contributed by atoms with Crippen molar-refractivity contribution in [3.05, 3.63) is 75.3 Å². The number of hydrogen-bond donors (Lipinski definition) is 1. The van der Waals surface area contributed by atoms with Gasteiger partial charge in [-0.3, -0.25) is 14.9 Å². The van der Waals surface area contributed by atoms with Crippen LogP contribution < -0.4 is 5.43 Å². The number of nitro groups is 1. The number of carbonyl (C=O) groups excluding carboxylic acids is 1. The Morgan fingerprint density at radius 2 is 1.85 bits per heavy atom. The number of alkyl halides is 3. The van der Waals surface area contributed by atoms with Crippen LogP contribution in [-0.4, -0.2) is 22.8 Å². The Bertz CT molecular complexity index is 839. The number of nitro benzene ring substituents is 1. The number of amides is 1. The maximum Gasteiger partial charge on any atom is 0.417 e. The Labute approximate surface area is 156 Å². The van der Waals surface area contributed by atoms with Gasteiger partial charge in [-0.05, 0) is 11.6 Å². The van der Waals surface area contributed by atoms with E-state index in [2.05, 4.69) is 10.5 Å². The highest BCUT2D eigenvalue weighted by atomic mass is 32.2. The SMILES string of the molecule is O=C(CSCc1ccc([N+](=O)[O-])cc1)N/N=C/c1ccccc1C(F)(F)F. The van der Waals surface area contributed by atoms with Crippen LogP contribution in [0.5, 0.6) is 0 Å². The molecular formula is C17H14F3N3O3S. The van der Waals surface area contributed by atoms with E-state index in [-0.39, 0.29) is 17.0 Å². The maximum absolute atomic E-state index is 12.8. The normalized spacial score (nSPS) is 11.5. The molecule has 0 saturated carbocycles. The van der Waals surface area contributed by atoms with Crippen molar-refractivity contribution in [2.45, 2.75) is 11.9 Å². The summed E-state index contributed by atoms with van der Waals surface area (Å²) in [5, 5.41) is 14.1. The number of halogens is 3. The summed E-state index contributed by atoms with van der Waals surface area (Å²) in [5.41, 5.74) is 1.97. The first-order valence-corrected chi connectivity index (χ1v) is 8.72. The van der Waals surface area contributed by atoms with Gasteiger partial charge in [-0.25, -0.2) is 5.43 Å². The number of non-ortho nitro benzene ring substituents is 1. The fourth-order valence-electron chi connectivity index (χ4n) is 2.05. The van der Waals surface area contributed by atoms with Crippen molar-refractivity contribution in [1.82, 2.24) is 5.43 Å². The van der Waals surface area contributed by atoms with Crippen molar-refractivity contribution >= 4 is 29.6 Å². The molecule has 0 aliphatic heterocycles. The second kappa shape index (κ2) is 9.17. The fraction of sp³-hybridized carbons (Fsp3) is 0.176. The van der Waals surface area contributed by atoms with E-state index in [9.17, 15) is 28.1 Å². The average molecular weight is 397 g/mol. The molecule has 2 aromatic carbocycles. The van der Waals surface area contributed by atoms with Crippen molar-refractivity contribution in [2.75, 3.05) is 5.75 Å². The number of carbonyl (C=O) groups is 1. The Hall–Kier alpha value is -2.88. The van der Waals surface area contributed by atoms with Crippen molar-refractivity contribution in [1.29, 1.82) is 0 Å². The molecule has 1 N–H and O–H groups in total. The number of hydrazone groups is 1. The topological polar surface area (TPSA) is 84.6 Å². The minimum absolute atomic E-state index is 0.0185. The molecule has 10 heteroatoms. The van der Waals surface area contributed by atoms with Crippen LogP contribution in [0.15, 0.2) is 53.6 Å². The van der Waals surface area contributed by atoms with Gasteiger partial charge in [0.2, 0.25) is 5.91 Å². The largest absolute Gasteiger partial charge is 0.417 e. The third-order valence-corrected chi connectivity index (χ3v) is 4.31. The van der Waals surface area contributed by atoms with Crippen LogP contribution in [0.25, 0.3) is 0 Å². The zero-order valence-electron chi connectivity index (χ0n) is 13.8. The average Bonchev–Trinajstić information content (AvgIpc) is 2.62. The standard InChI is InChI=1S/C17H14F3N3O3S/c18-17(19,20)15-4-2-1-3-13(15)9-21-22-16(24)11-27-10-12-5-7-14(8-6-12)23(25)26/h1-9H,10-11H2,(H,22,24)/b21-9+. The van der Waals surface area contributed by atoms with E-state index in [0.717, 1.165) is 17.8 Å². The van der Waals surface area contributed by atoms with Gasteiger partial charge in [-0.1, -0.05) is 30.3 Å². The zero-order valence-corrected chi connectivity index (χ0v) is 14.6. The lowest BCUT2D eigenvalue weighted by Crippen LogP contribution is -2.20. The Balaban J connectivity index is 1.81. The number of thioether (sulfide) groups is 1. The lowest BCUT2D eigenvalue weighted by atomic mass is 10.1. The van der Waals surface area contributed by atoms with Gasteiger partial charge in [0, 0.05) is 23.4 Å². The third kappa shape index (κ3) is 6.41. The molecule has 0 spiro atoms. The maximum atomic E-state index is 12.8. The van der Waals surface area contributed by atoms with E-state index < -0.39 is 22.6 Å². The molecule has 0 heterocycles. The summed E-state index contributed by atoms with van der Waals surface area (Å²) in [6.45, 7) is 0. The number of rotatable bonds is 7.